The molecule has 0 saturated heterocycles. The number of aryl methyl sites for hydroxylation is 1. The monoisotopic (exact) mass is 408 g/mol. The third kappa shape index (κ3) is 3.05. The van der Waals surface area contributed by atoms with Crippen LogP contribution < -0.4 is 4.74 Å². The summed E-state index contributed by atoms with van der Waals surface area (Å²) in [6.45, 7) is 1.61. The van der Waals surface area contributed by atoms with Gasteiger partial charge < -0.3 is 4.74 Å². The minimum Gasteiger partial charge on any atom is -0.488 e. The van der Waals surface area contributed by atoms with Crippen molar-refractivity contribution in [3.05, 3.63) is 59.3 Å². The predicted octanol–water partition coefficient (Wildman–Crippen LogP) is 4.16. The molecule has 0 N–H and O–H groups in total. The second-order valence-electron chi connectivity index (χ2n) is 6.64. The van der Waals surface area contributed by atoms with E-state index in [2.05, 4.69) is 5.10 Å². The van der Waals surface area contributed by atoms with Crippen LogP contribution in [0.5, 0.6) is 5.75 Å². The van der Waals surface area contributed by atoms with Crippen LogP contribution in [0, 0.1) is 6.92 Å². The van der Waals surface area contributed by atoms with Gasteiger partial charge >= 0.3 is 6.18 Å². The third-order valence-electron chi connectivity index (χ3n) is 4.53. The molecule has 2 heterocycles. The van der Waals surface area contributed by atoms with Crippen molar-refractivity contribution < 1.29 is 26.3 Å². The van der Waals surface area contributed by atoms with Crippen molar-refractivity contribution in [2.75, 3.05) is 6.26 Å². The molecule has 5 nitrogen and oxygen atoms in total. The zero-order chi connectivity index (χ0) is 20.3. The van der Waals surface area contributed by atoms with E-state index >= 15 is 0 Å². The van der Waals surface area contributed by atoms with Crippen molar-refractivity contribution >= 4 is 9.84 Å². The van der Waals surface area contributed by atoms with Crippen LogP contribution in [0.3, 0.4) is 0 Å². The molecular weight excluding hydrogens is 393 g/mol. The van der Waals surface area contributed by atoms with Crippen LogP contribution in [-0.4, -0.2) is 24.5 Å². The molecule has 1 aliphatic heterocycles. The Hall–Kier alpha value is -2.81. The highest BCUT2D eigenvalue weighted by molar-refractivity contribution is 7.90. The molecule has 0 radical (unpaired) electrons. The van der Waals surface area contributed by atoms with E-state index in [4.69, 9.17) is 4.74 Å². The van der Waals surface area contributed by atoms with Gasteiger partial charge in [-0.1, -0.05) is 6.07 Å². The number of hydrogen-bond acceptors (Lipinski definition) is 4. The van der Waals surface area contributed by atoms with Gasteiger partial charge in [-0.05, 0) is 48.9 Å². The zero-order valence-corrected chi connectivity index (χ0v) is 15.7. The van der Waals surface area contributed by atoms with Gasteiger partial charge in [0.15, 0.2) is 15.5 Å². The van der Waals surface area contributed by atoms with Crippen molar-refractivity contribution in [2.45, 2.75) is 24.6 Å². The minimum absolute atomic E-state index is 0.0453. The quantitative estimate of drug-likeness (QED) is 0.639. The van der Waals surface area contributed by atoms with Gasteiger partial charge in [0.25, 0.3) is 0 Å². The average molecular weight is 408 g/mol. The van der Waals surface area contributed by atoms with E-state index < -0.39 is 21.7 Å². The normalized spacial score (nSPS) is 13.6. The summed E-state index contributed by atoms with van der Waals surface area (Å²) >= 11 is 0. The van der Waals surface area contributed by atoms with E-state index in [9.17, 15) is 21.6 Å². The molecule has 9 heteroatoms. The Bertz CT molecular complexity index is 1180. The van der Waals surface area contributed by atoms with Crippen molar-refractivity contribution in [1.82, 2.24) is 9.78 Å². The number of aromatic nitrogens is 2. The molecule has 0 amide bonds. The van der Waals surface area contributed by atoms with E-state index in [0.717, 1.165) is 11.8 Å². The van der Waals surface area contributed by atoms with E-state index in [-0.39, 0.29) is 17.1 Å². The first kappa shape index (κ1) is 18.5. The van der Waals surface area contributed by atoms with Crippen LogP contribution in [0.2, 0.25) is 0 Å². The molecule has 0 spiro atoms. The summed E-state index contributed by atoms with van der Waals surface area (Å²) in [6, 6.07) is 10.8. The van der Waals surface area contributed by atoms with Gasteiger partial charge in [0, 0.05) is 17.4 Å². The second kappa shape index (κ2) is 6.10. The van der Waals surface area contributed by atoms with E-state index in [0.29, 0.717) is 22.7 Å². The van der Waals surface area contributed by atoms with Crippen LogP contribution in [0.25, 0.3) is 16.9 Å². The molecule has 0 saturated carbocycles. The van der Waals surface area contributed by atoms with Crippen LogP contribution in [0.4, 0.5) is 13.2 Å². The molecule has 0 fully saturated rings. The van der Waals surface area contributed by atoms with Gasteiger partial charge in [-0.25, -0.2) is 13.1 Å². The molecule has 1 aliphatic rings. The van der Waals surface area contributed by atoms with Crippen molar-refractivity contribution in [3.63, 3.8) is 0 Å². The SMILES string of the molecule is Cc1ccc2c(c1)OCc1c(C(F)(F)F)nn(-c3ccc(S(C)(=O)=O)cc3)c1-2. The average Bonchev–Trinajstić information content (AvgIpc) is 3.01. The maximum atomic E-state index is 13.6. The van der Waals surface area contributed by atoms with Gasteiger partial charge in [-0.2, -0.15) is 18.3 Å². The summed E-state index contributed by atoms with van der Waals surface area (Å²) in [5, 5.41) is 3.81. The van der Waals surface area contributed by atoms with Gasteiger partial charge in [-0.15, -0.1) is 0 Å². The molecule has 146 valence electrons. The number of fused-ring (bicyclic) bond motifs is 3. The molecule has 3 aromatic rings. The lowest BCUT2D eigenvalue weighted by Crippen LogP contribution is -2.12. The van der Waals surface area contributed by atoms with Crippen molar-refractivity contribution in [1.29, 1.82) is 0 Å². The zero-order valence-electron chi connectivity index (χ0n) is 14.9. The maximum Gasteiger partial charge on any atom is 0.435 e. The van der Waals surface area contributed by atoms with Crippen LogP contribution in [0.15, 0.2) is 47.4 Å². The van der Waals surface area contributed by atoms with Gasteiger partial charge in [0.1, 0.15) is 12.4 Å². The highest BCUT2D eigenvalue weighted by Crippen LogP contribution is 2.44. The van der Waals surface area contributed by atoms with Crippen molar-refractivity contribution in [2.24, 2.45) is 0 Å². The van der Waals surface area contributed by atoms with Crippen LogP contribution in [-0.2, 0) is 22.6 Å². The topological polar surface area (TPSA) is 61.2 Å². The summed E-state index contributed by atoms with van der Waals surface area (Å²) in [7, 11) is -3.42. The first-order valence-corrected chi connectivity index (χ1v) is 10.2. The first-order valence-electron chi connectivity index (χ1n) is 8.29. The molecular formula is C19H15F3N2O3S. The number of alkyl halides is 3. The largest absolute Gasteiger partial charge is 0.488 e. The van der Waals surface area contributed by atoms with Crippen LogP contribution >= 0.6 is 0 Å². The lowest BCUT2D eigenvalue weighted by Gasteiger charge is -2.20. The van der Waals surface area contributed by atoms with E-state index in [1.807, 2.05) is 6.92 Å². The third-order valence-corrected chi connectivity index (χ3v) is 5.65. The summed E-state index contributed by atoms with van der Waals surface area (Å²) < 4.78 is 70.7. The summed E-state index contributed by atoms with van der Waals surface area (Å²) in [5.41, 5.74) is 0.981. The fraction of sp³-hybridized carbons (Fsp3) is 0.211. The molecule has 28 heavy (non-hydrogen) atoms. The Morgan fingerprint density at radius 3 is 2.39 bits per heavy atom. The van der Waals surface area contributed by atoms with Gasteiger partial charge in [0.2, 0.25) is 0 Å². The molecule has 0 atom stereocenters. The standard InChI is InChI=1S/C19H15F3N2O3S/c1-11-3-8-14-16(9-11)27-10-15-17(14)24(23-18(15)19(20,21)22)12-4-6-13(7-5-12)28(2,25)26/h3-9H,10H2,1-2H3. The lowest BCUT2D eigenvalue weighted by molar-refractivity contribution is -0.142. The number of nitrogens with zero attached hydrogens (tertiary/aromatic N) is 2. The molecule has 2 aromatic carbocycles. The fourth-order valence-corrected chi connectivity index (χ4v) is 3.84. The predicted molar refractivity (Wildman–Crippen MR) is 96.2 cm³/mol. The van der Waals surface area contributed by atoms with E-state index in [1.165, 1.54) is 28.9 Å². The highest BCUT2D eigenvalue weighted by Gasteiger charge is 2.41. The number of sulfone groups is 1. The summed E-state index contributed by atoms with van der Waals surface area (Å²) in [5.74, 6) is 0.482. The Balaban J connectivity index is 1.96. The Morgan fingerprint density at radius 2 is 1.79 bits per heavy atom. The fourth-order valence-electron chi connectivity index (χ4n) is 3.21. The molecule has 0 unspecified atom stereocenters. The number of halogens is 3. The second-order valence-corrected chi connectivity index (χ2v) is 8.66. The number of rotatable bonds is 2. The molecule has 1 aromatic heterocycles. The maximum absolute atomic E-state index is 13.6. The number of benzene rings is 2. The minimum atomic E-state index is -4.65. The first-order chi connectivity index (χ1) is 13.1. The Labute approximate surface area is 159 Å². The van der Waals surface area contributed by atoms with Gasteiger partial charge in [-0.3, -0.25) is 0 Å². The Kier molecular flexibility index (Phi) is 4.04. The smallest absolute Gasteiger partial charge is 0.435 e. The molecule has 0 bridgehead atoms. The number of hydrogen-bond donors (Lipinski definition) is 0. The van der Waals surface area contributed by atoms with Crippen LogP contribution in [0.1, 0.15) is 16.8 Å². The molecule has 0 aliphatic carbocycles. The lowest BCUT2D eigenvalue weighted by atomic mass is 10.0. The number of ether oxygens (including phenoxy) is 1. The highest BCUT2D eigenvalue weighted by atomic mass is 32.2. The summed E-state index contributed by atoms with van der Waals surface area (Å²) in [4.78, 5) is 0.0766. The summed E-state index contributed by atoms with van der Waals surface area (Å²) in [6.07, 6.45) is -3.58. The van der Waals surface area contributed by atoms with Crippen molar-refractivity contribution in [3.8, 4) is 22.7 Å². The van der Waals surface area contributed by atoms with E-state index in [1.54, 1.807) is 18.2 Å². The Morgan fingerprint density at radius 1 is 1.11 bits per heavy atom. The molecule has 4 rings (SSSR count). The van der Waals surface area contributed by atoms with Gasteiger partial charge in [0.05, 0.1) is 16.3 Å².